The molecule has 10 heteroatoms. The Balaban J connectivity index is 1.76. The number of nitrogens with one attached hydrogen (secondary N) is 2. The molecule has 3 rings (SSSR count). The Morgan fingerprint density at radius 3 is 2.57 bits per heavy atom. The van der Waals surface area contributed by atoms with Gasteiger partial charge in [0.1, 0.15) is 5.82 Å². The Bertz CT molecular complexity index is 1100. The zero-order chi connectivity index (χ0) is 20.5. The summed E-state index contributed by atoms with van der Waals surface area (Å²) in [5.74, 6) is -1.48. The van der Waals surface area contributed by atoms with Gasteiger partial charge in [0.05, 0.1) is 12.0 Å². The number of carbonyl (C=O) groups is 1. The molecular formula is C18H19FN4O4S. The quantitative estimate of drug-likeness (QED) is 0.678. The minimum absolute atomic E-state index is 0.194. The Kier molecular flexibility index (Phi) is 5.09. The molecular weight excluding hydrogens is 387 g/mol. The predicted octanol–water partition coefficient (Wildman–Crippen LogP) is 2.93. The normalized spacial score (nSPS) is 12.1. The van der Waals surface area contributed by atoms with Gasteiger partial charge in [-0.3, -0.25) is 4.79 Å². The van der Waals surface area contributed by atoms with Crippen molar-refractivity contribution in [2.45, 2.75) is 31.4 Å². The number of carbonyl (C=O) groups excluding carboxylic acids is 1. The van der Waals surface area contributed by atoms with Crippen molar-refractivity contribution in [1.82, 2.24) is 14.3 Å². The Morgan fingerprint density at radius 2 is 1.96 bits per heavy atom. The number of nitrogens with zero attached hydrogens (tertiary/aromatic N) is 2. The first-order chi connectivity index (χ1) is 13.0. The zero-order valence-corrected chi connectivity index (χ0v) is 16.2. The van der Waals surface area contributed by atoms with Crippen molar-refractivity contribution in [1.29, 1.82) is 0 Å². The van der Waals surface area contributed by atoms with Crippen LogP contribution in [0, 0.1) is 5.82 Å². The van der Waals surface area contributed by atoms with E-state index in [4.69, 9.17) is 4.42 Å². The van der Waals surface area contributed by atoms with Crippen molar-refractivity contribution in [3.05, 3.63) is 60.6 Å². The lowest BCUT2D eigenvalue weighted by Gasteiger charge is -2.18. The van der Waals surface area contributed by atoms with E-state index in [0.717, 1.165) is 6.07 Å². The maximum Gasteiger partial charge on any atom is 0.291 e. The van der Waals surface area contributed by atoms with Crippen LogP contribution in [0.15, 0.2) is 58.6 Å². The van der Waals surface area contributed by atoms with Crippen molar-refractivity contribution < 1.29 is 22.0 Å². The highest BCUT2D eigenvalue weighted by Gasteiger charge is 2.26. The summed E-state index contributed by atoms with van der Waals surface area (Å²) < 4.78 is 47.9. The van der Waals surface area contributed by atoms with E-state index in [9.17, 15) is 17.6 Å². The zero-order valence-electron chi connectivity index (χ0n) is 15.4. The van der Waals surface area contributed by atoms with Crippen molar-refractivity contribution in [2.75, 3.05) is 5.32 Å². The van der Waals surface area contributed by atoms with E-state index in [0.29, 0.717) is 0 Å². The molecule has 1 amide bonds. The predicted molar refractivity (Wildman–Crippen MR) is 100 cm³/mol. The van der Waals surface area contributed by atoms with Gasteiger partial charge >= 0.3 is 0 Å². The average Bonchev–Trinajstić information content (AvgIpc) is 3.25. The summed E-state index contributed by atoms with van der Waals surface area (Å²) >= 11 is 0. The highest BCUT2D eigenvalue weighted by atomic mass is 32.2. The molecule has 8 nitrogen and oxygen atoms in total. The lowest BCUT2D eigenvalue weighted by atomic mass is 10.1. The molecule has 0 saturated carbocycles. The molecule has 0 bridgehead atoms. The van der Waals surface area contributed by atoms with Crippen LogP contribution < -0.4 is 10.0 Å². The number of benzene rings is 1. The second-order valence-electron chi connectivity index (χ2n) is 7.06. The Hall–Kier alpha value is -2.98. The van der Waals surface area contributed by atoms with Gasteiger partial charge in [0.25, 0.3) is 15.9 Å². The fraction of sp³-hybridized carbons (Fsp3) is 0.222. The van der Waals surface area contributed by atoms with Crippen LogP contribution in [-0.4, -0.2) is 29.4 Å². The average molecular weight is 406 g/mol. The number of amides is 1. The molecule has 2 aromatic heterocycles. The number of rotatable bonds is 5. The number of imidazole rings is 1. The van der Waals surface area contributed by atoms with Crippen molar-refractivity contribution in [3.63, 3.8) is 0 Å². The molecule has 0 aliphatic rings. The van der Waals surface area contributed by atoms with Crippen LogP contribution in [0.25, 0.3) is 5.69 Å². The van der Waals surface area contributed by atoms with E-state index in [1.165, 1.54) is 41.4 Å². The minimum Gasteiger partial charge on any atom is -0.438 e. The molecule has 0 spiro atoms. The van der Waals surface area contributed by atoms with E-state index in [1.807, 2.05) is 0 Å². The molecule has 28 heavy (non-hydrogen) atoms. The molecule has 3 aromatic rings. The maximum atomic E-state index is 14.3. The van der Waals surface area contributed by atoms with E-state index in [2.05, 4.69) is 15.0 Å². The molecule has 1 aromatic carbocycles. The highest BCUT2D eigenvalue weighted by molar-refractivity contribution is 7.89. The summed E-state index contributed by atoms with van der Waals surface area (Å²) in [7, 11) is -3.91. The van der Waals surface area contributed by atoms with Crippen LogP contribution >= 0.6 is 0 Å². The van der Waals surface area contributed by atoms with Gasteiger partial charge < -0.3 is 14.3 Å². The number of hydrogen-bond donors (Lipinski definition) is 2. The van der Waals surface area contributed by atoms with Gasteiger partial charge in [-0.1, -0.05) is 0 Å². The second-order valence-corrected chi connectivity index (χ2v) is 8.68. The van der Waals surface area contributed by atoms with Crippen LogP contribution in [0.2, 0.25) is 0 Å². The lowest BCUT2D eigenvalue weighted by Crippen LogP contribution is -2.40. The standard InChI is InChI=1S/C18H19FN4O4S/c1-18(2,3)22-28(25,26)16-7-6-15(27-16)17(24)21-12-4-5-14(13(19)10-12)23-9-8-20-11-23/h4-11,22H,1-3H3,(H,21,24). The first-order valence-electron chi connectivity index (χ1n) is 8.28. The van der Waals surface area contributed by atoms with E-state index in [-0.39, 0.29) is 22.2 Å². The second kappa shape index (κ2) is 7.21. The summed E-state index contributed by atoms with van der Waals surface area (Å²) in [6.07, 6.45) is 4.56. The smallest absolute Gasteiger partial charge is 0.291 e. The Labute approximate surface area is 161 Å². The fourth-order valence-electron chi connectivity index (χ4n) is 2.43. The van der Waals surface area contributed by atoms with E-state index >= 15 is 0 Å². The summed E-state index contributed by atoms with van der Waals surface area (Å²) in [4.78, 5) is 16.2. The number of aromatic nitrogens is 2. The van der Waals surface area contributed by atoms with Crippen LogP contribution in [0.4, 0.5) is 10.1 Å². The number of sulfonamides is 1. The number of furan rings is 1. The van der Waals surface area contributed by atoms with Gasteiger partial charge in [0, 0.05) is 23.6 Å². The fourth-order valence-corrected chi connectivity index (χ4v) is 3.78. The molecule has 0 radical (unpaired) electrons. The van der Waals surface area contributed by atoms with Crippen LogP contribution in [0.3, 0.4) is 0 Å². The van der Waals surface area contributed by atoms with Gasteiger partial charge in [0.2, 0.25) is 5.09 Å². The monoisotopic (exact) mass is 406 g/mol. The van der Waals surface area contributed by atoms with Gasteiger partial charge in [-0.15, -0.1) is 0 Å². The highest BCUT2D eigenvalue weighted by Crippen LogP contribution is 2.20. The number of halogens is 1. The lowest BCUT2D eigenvalue weighted by molar-refractivity contribution is 0.0991. The van der Waals surface area contributed by atoms with Crippen LogP contribution in [-0.2, 0) is 10.0 Å². The first-order valence-corrected chi connectivity index (χ1v) is 9.76. The number of hydrogen-bond acceptors (Lipinski definition) is 5. The maximum absolute atomic E-state index is 14.3. The minimum atomic E-state index is -3.91. The van der Waals surface area contributed by atoms with Crippen molar-refractivity contribution in [3.8, 4) is 5.69 Å². The molecule has 0 fully saturated rings. The number of anilines is 1. The Morgan fingerprint density at radius 1 is 1.21 bits per heavy atom. The van der Waals surface area contributed by atoms with Crippen LogP contribution in [0.1, 0.15) is 31.3 Å². The third-order valence-corrected chi connectivity index (χ3v) is 5.13. The molecule has 0 unspecified atom stereocenters. The SMILES string of the molecule is CC(C)(C)NS(=O)(=O)c1ccc(C(=O)Nc2ccc(-n3ccnc3)c(F)c2)o1. The molecule has 0 atom stereocenters. The molecule has 0 aliphatic carbocycles. The summed E-state index contributed by atoms with van der Waals surface area (Å²) in [5.41, 5.74) is -0.238. The topological polar surface area (TPSA) is 106 Å². The van der Waals surface area contributed by atoms with Gasteiger partial charge in [-0.2, -0.15) is 0 Å². The summed E-state index contributed by atoms with van der Waals surface area (Å²) in [5, 5.41) is 2.09. The largest absolute Gasteiger partial charge is 0.438 e. The third kappa shape index (κ3) is 4.46. The summed E-state index contributed by atoms with van der Waals surface area (Å²) in [6, 6.07) is 6.57. The van der Waals surface area contributed by atoms with Gasteiger partial charge in [0.15, 0.2) is 5.76 Å². The van der Waals surface area contributed by atoms with E-state index < -0.39 is 27.3 Å². The molecule has 0 saturated heterocycles. The molecule has 2 heterocycles. The molecule has 2 N–H and O–H groups in total. The summed E-state index contributed by atoms with van der Waals surface area (Å²) in [6.45, 7) is 5.05. The van der Waals surface area contributed by atoms with E-state index in [1.54, 1.807) is 27.0 Å². The van der Waals surface area contributed by atoms with Gasteiger partial charge in [-0.25, -0.2) is 22.5 Å². The van der Waals surface area contributed by atoms with Gasteiger partial charge in [-0.05, 0) is 51.1 Å². The first kappa shape index (κ1) is 19.8. The van der Waals surface area contributed by atoms with Crippen molar-refractivity contribution in [2.24, 2.45) is 0 Å². The molecule has 148 valence electrons. The third-order valence-electron chi connectivity index (χ3n) is 3.50. The molecule has 0 aliphatic heterocycles. The van der Waals surface area contributed by atoms with Crippen molar-refractivity contribution >= 4 is 21.6 Å². The van der Waals surface area contributed by atoms with Crippen LogP contribution in [0.5, 0.6) is 0 Å².